The summed E-state index contributed by atoms with van der Waals surface area (Å²) in [6.07, 6.45) is 5.07. The molecule has 0 aromatic heterocycles. The fourth-order valence-corrected chi connectivity index (χ4v) is 3.71. The van der Waals surface area contributed by atoms with Gasteiger partial charge in [-0.3, -0.25) is 9.69 Å². The Labute approximate surface area is 154 Å². The van der Waals surface area contributed by atoms with E-state index in [0.717, 1.165) is 37.1 Å². The van der Waals surface area contributed by atoms with Crippen LogP contribution in [-0.4, -0.2) is 49.0 Å². The van der Waals surface area contributed by atoms with Crippen molar-refractivity contribution in [2.24, 2.45) is 21.5 Å². The van der Waals surface area contributed by atoms with Crippen LogP contribution >= 0.6 is 0 Å². The molecule has 26 heavy (non-hydrogen) atoms. The van der Waals surface area contributed by atoms with E-state index < -0.39 is 5.66 Å². The molecule has 1 fully saturated rings. The predicted molar refractivity (Wildman–Crippen MR) is 105 cm³/mol. The summed E-state index contributed by atoms with van der Waals surface area (Å²) in [5.41, 5.74) is 13.2. The average molecular weight is 357 g/mol. The molecule has 140 valence electrons. The zero-order valence-electron chi connectivity index (χ0n) is 15.4. The van der Waals surface area contributed by atoms with Gasteiger partial charge in [-0.2, -0.15) is 4.99 Å². The molecular formula is C18H27N7O. The molecule has 8 heteroatoms. The minimum atomic E-state index is -0.486. The van der Waals surface area contributed by atoms with Gasteiger partial charge in [-0.1, -0.05) is 12.5 Å². The van der Waals surface area contributed by atoms with Crippen molar-refractivity contribution in [1.29, 1.82) is 0 Å². The number of amides is 1. The predicted octanol–water partition coefficient (Wildman–Crippen LogP) is 1.30. The Kier molecular flexibility index (Phi) is 5.13. The van der Waals surface area contributed by atoms with Crippen LogP contribution < -0.4 is 21.7 Å². The second-order valence-corrected chi connectivity index (χ2v) is 7.15. The Bertz CT molecular complexity index is 735. The maximum absolute atomic E-state index is 12.1. The maximum atomic E-state index is 12.1. The molecule has 2 aliphatic rings. The van der Waals surface area contributed by atoms with Crippen molar-refractivity contribution in [3.63, 3.8) is 0 Å². The lowest BCUT2D eigenvalue weighted by Crippen LogP contribution is -2.58. The maximum Gasteiger partial charge on any atom is 0.238 e. The number of carbonyl (C=O) groups excluding carboxylic acids is 1. The van der Waals surface area contributed by atoms with Gasteiger partial charge in [0.25, 0.3) is 0 Å². The highest BCUT2D eigenvalue weighted by Gasteiger charge is 2.42. The summed E-state index contributed by atoms with van der Waals surface area (Å²) >= 11 is 0. The van der Waals surface area contributed by atoms with Gasteiger partial charge in [0.1, 0.15) is 5.66 Å². The lowest BCUT2D eigenvalue weighted by Gasteiger charge is -2.45. The summed E-state index contributed by atoms with van der Waals surface area (Å²) < 4.78 is 0. The molecule has 1 aromatic carbocycles. The zero-order chi connectivity index (χ0) is 18.7. The molecule has 0 atom stereocenters. The highest BCUT2D eigenvalue weighted by atomic mass is 16.2. The first kappa shape index (κ1) is 18.2. The lowest BCUT2D eigenvalue weighted by molar-refractivity contribution is -0.116. The second kappa shape index (κ2) is 7.33. The number of guanidine groups is 2. The highest BCUT2D eigenvalue weighted by molar-refractivity contribution is 6.06. The number of nitrogens with one attached hydrogen (secondary N) is 1. The number of nitrogens with zero attached hydrogens (tertiary/aromatic N) is 4. The number of nitrogens with two attached hydrogens (primary N) is 2. The largest absolute Gasteiger partial charge is 0.369 e. The Morgan fingerprint density at radius 3 is 2.69 bits per heavy atom. The number of aliphatic imine (C=N–C) groups is 2. The molecule has 8 nitrogen and oxygen atoms in total. The topological polar surface area (TPSA) is 112 Å². The number of anilines is 2. The van der Waals surface area contributed by atoms with Crippen LogP contribution in [0, 0.1) is 0 Å². The smallest absolute Gasteiger partial charge is 0.238 e. The van der Waals surface area contributed by atoms with Gasteiger partial charge in [0, 0.05) is 11.4 Å². The van der Waals surface area contributed by atoms with Crippen molar-refractivity contribution < 1.29 is 4.79 Å². The summed E-state index contributed by atoms with van der Waals surface area (Å²) in [6.45, 7) is 0.322. The van der Waals surface area contributed by atoms with E-state index >= 15 is 0 Å². The number of hydrogen-bond acceptors (Lipinski definition) is 7. The molecule has 0 unspecified atom stereocenters. The lowest BCUT2D eigenvalue weighted by atomic mass is 9.87. The van der Waals surface area contributed by atoms with Gasteiger partial charge in [-0.15, -0.1) is 0 Å². The fraction of sp³-hybridized carbons (Fsp3) is 0.500. The molecule has 1 saturated carbocycles. The molecule has 0 bridgehead atoms. The van der Waals surface area contributed by atoms with Gasteiger partial charge in [0.2, 0.25) is 17.8 Å². The highest BCUT2D eigenvalue weighted by Crippen LogP contribution is 2.39. The minimum absolute atomic E-state index is 0.0675. The van der Waals surface area contributed by atoms with Crippen LogP contribution in [0.1, 0.15) is 32.1 Å². The minimum Gasteiger partial charge on any atom is -0.369 e. The molecule has 1 spiro atoms. The summed E-state index contributed by atoms with van der Waals surface area (Å²) in [6, 6.07) is 7.62. The second-order valence-electron chi connectivity index (χ2n) is 7.15. The first-order valence-electron chi connectivity index (χ1n) is 8.94. The van der Waals surface area contributed by atoms with Gasteiger partial charge in [-0.05, 0) is 58.0 Å². The Hall–Kier alpha value is -2.61. The monoisotopic (exact) mass is 357 g/mol. The molecule has 1 aliphatic heterocycles. The molecule has 1 amide bonds. The third kappa shape index (κ3) is 3.80. The summed E-state index contributed by atoms with van der Waals surface area (Å²) in [4.78, 5) is 24.7. The SMILES string of the molecule is CN(C)CC(=O)Nc1cccc(N2C(N)=NC(N)=NC23CCCCC3)c1. The molecule has 1 heterocycles. The summed E-state index contributed by atoms with van der Waals surface area (Å²) in [7, 11) is 3.71. The van der Waals surface area contributed by atoms with Crippen molar-refractivity contribution >= 4 is 29.2 Å². The summed E-state index contributed by atoms with van der Waals surface area (Å²) in [5.74, 6) is 0.509. The van der Waals surface area contributed by atoms with E-state index in [9.17, 15) is 4.79 Å². The van der Waals surface area contributed by atoms with Gasteiger partial charge >= 0.3 is 0 Å². The average Bonchev–Trinajstić information content (AvgIpc) is 2.54. The number of rotatable bonds is 4. The Balaban J connectivity index is 1.90. The molecule has 3 rings (SSSR count). The first-order chi connectivity index (χ1) is 12.4. The zero-order valence-corrected chi connectivity index (χ0v) is 15.4. The van der Waals surface area contributed by atoms with Crippen LogP contribution in [0.15, 0.2) is 34.3 Å². The van der Waals surface area contributed by atoms with Gasteiger partial charge < -0.3 is 21.7 Å². The number of carbonyl (C=O) groups is 1. The standard InChI is InChI=1S/C18H27N7O/c1-24(2)12-15(26)21-13-7-6-8-14(11-13)25-17(20)22-16(19)23-18(25)9-4-3-5-10-18/h6-8,11H,3-5,9-10,12H2,1-2H3,(H,21,26)(H4,19,20,22,23). The van der Waals surface area contributed by atoms with Crippen molar-refractivity contribution in [2.45, 2.75) is 37.8 Å². The van der Waals surface area contributed by atoms with Crippen LogP contribution in [0.2, 0.25) is 0 Å². The quantitative estimate of drug-likeness (QED) is 0.752. The summed E-state index contributed by atoms with van der Waals surface area (Å²) in [5, 5.41) is 2.92. The van der Waals surface area contributed by atoms with E-state index in [1.807, 2.05) is 48.2 Å². The molecule has 0 saturated heterocycles. The third-order valence-electron chi connectivity index (χ3n) is 4.70. The normalized spacial score (nSPS) is 19.3. The number of likely N-dealkylation sites (N-methyl/N-ethyl adjacent to an activating group) is 1. The van der Waals surface area contributed by atoms with E-state index in [1.165, 1.54) is 6.42 Å². The van der Waals surface area contributed by atoms with E-state index in [-0.39, 0.29) is 11.9 Å². The Morgan fingerprint density at radius 2 is 2.00 bits per heavy atom. The molecule has 5 N–H and O–H groups in total. The number of benzene rings is 1. The molecule has 1 aliphatic carbocycles. The van der Waals surface area contributed by atoms with Crippen LogP contribution in [0.25, 0.3) is 0 Å². The fourth-order valence-electron chi connectivity index (χ4n) is 3.71. The van der Waals surface area contributed by atoms with Gasteiger partial charge in [0.05, 0.1) is 6.54 Å². The molecule has 0 radical (unpaired) electrons. The van der Waals surface area contributed by atoms with Crippen LogP contribution in [0.5, 0.6) is 0 Å². The van der Waals surface area contributed by atoms with Crippen molar-refractivity contribution in [3.8, 4) is 0 Å². The van der Waals surface area contributed by atoms with Crippen LogP contribution in [0.3, 0.4) is 0 Å². The van der Waals surface area contributed by atoms with Crippen LogP contribution in [0.4, 0.5) is 11.4 Å². The van der Waals surface area contributed by atoms with Crippen molar-refractivity contribution in [2.75, 3.05) is 30.9 Å². The van der Waals surface area contributed by atoms with Crippen LogP contribution in [-0.2, 0) is 4.79 Å². The van der Waals surface area contributed by atoms with E-state index in [2.05, 4.69) is 15.3 Å². The third-order valence-corrected chi connectivity index (χ3v) is 4.70. The number of hydrogen-bond donors (Lipinski definition) is 3. The van der Waals surface area contributed by atoms with Gasteiger partial charge in [0.15, 0.2) is 0 Å². The van der Waals surface area contributed by atoms with E-state index in [4.69, 9.17) is 11.5 Å². The van der Waals surface area contributed by atoms with Crippen molar-refractivity contribution in [3.05, 3.63) is 24.3 Å². The van der Waals surface area contributed by atoms with Gasteiger partial charge in [-0.25, -0.2) is 4.99 Å². The van der Waals surface area contributed by atoms with E-state index in [1.54, 1.807) is 0 Å². The van der Waals surface area contributed by atoms with E-state index in [0.29, 0.717) is 12.5 Å². The van der Waals surface area contributed by atoms with Crippen molar-refractivity contribution in [1.82, 2.24) is 4.90 Å². The molecular weight excluding hydrogens is 330 g/mol. The Morgan fingerprint density at radius 1 is 1.27 bits per heavy atom. The molecule has 1 aromatic rings. The first-order valence-corrected chi connectivity index (χ1v) is 8.94.